The summed E-state index contributed by atoms with van der Waals surface area (Å²) in [6, 6.07) is 0. The molecule has 0 saturated carbocycles. The van der Waals surface area contributed by atoms with Gasteiger partial charge in [-0.3, -0.25) is 0 Å². The Labute approximate surface area is 77.4 Å². The third-order valence-corrected chi connectivity index (χ3v) is 2.76. The van der Waals surface area contributed by atoms with Gasteiger partial charge in [-0.05, 0) is 13.8 Å². The van der Waals surface area contributed by atoms with E-state index in [1.165, 1.54) is 0 Å². The zero-order valence-corrected chi connectivity index (χ0v) is 8.28. The summed E-state index contributed by atoms with van der Waals surface area (Å²) in [5.74, 6) is 0. The SMILES string of the molecule is CCN1CN(CC)C(Cl)=C1Cl. The normalized spacial score (nSPS) is 18.5. The second-order valence-corrected chi connectivity index (χ2v) is 3.15. The van der Waals surface area contributed by atoms with E-state index in [9.17, 15) is 0 Å². The monoisotopic (exact) mass is 194 g/mol. The standard InChI is InChI=1S/C7H12Cl2N2/c1-3-10-5-11(4-2)7(9)6(10)8/h3-5H2,1-2H3. The molecule has 0 atom stereocenters. The van der Waals surface area contributed by atoms with Crippen molar-refractivity contribution >= 4 is 23.2 Å². The number of halogens is 2. The molecule has 0 radical (unpaired) electrons. The molecule has 1 rings (SSSR count). The van der Waals surface area contributed by atoms with Crippen LogP contribution in [0.25, 0.3) is 0 Å². The first-order chi connectivity index (χ1) is 5.20. The molecule has 1 heterocycles. The molecule has 0 saturated heterocycles. The molecule has 0 amide bonds. The number of hydrogen-bond donors (Lipinski definition) is 0. The van der Waals surface area contributed by atoms with Crippen molar-refractivity contribution in [3.8, 4) is 0 Å². The van der Waals surface area contributed by atoms with Gasteiger partial charge >= 0.3 is 0 Å². The molecule has 0 N–H and O–H groups in total. The van der Waals surface area contributed by atoms with Crippen LogP contribution in [0.3, 0.4) is 0 Å². The van der Waals surface area contributed by atoms with Crippen LogP contribution in [0.1, 0.15) is 13.8 Å². The topological polar surface area (TPSA) is 6.48 Å². The third-order valence-electron chi connectivity index (χ3n) is 1.83. The lowest BCUT2D eigenvalue weighted by Crippen LogP contribution is -2.26. The average Bonchev–Trinajstić information content (AvgIpc) is 2.30. The van der Waals surface area contributed by atoms with Crippen molar-refractivity contribution < 1.29 is 0 Å². The predicted molar refractivity (Wildman–Crippen MR) is 48.4 cm³/mol. The van der Waals surface area contributed by atoms with Gasteiger partial charge < -0.3 is 9.80 Å². The number of hydrogen-bond acceptors (Lipinski definition) is 2. The van der Waals surface area contributed by atoms with Gasteiger partial charge in [-0.1, -0.05) is 23.2 Å². The molecule has 1 aliphatic heterocycles. The zero-order valence-electron chi connectivity index (χ0n) is 6.77. The maximum atomic E-state index is 5.93. The van der Waals surface area contributed by atoms with Gasteiger partial charge in [0.25, 0.3) is 0 Å². The molecule has 0 unspecified atom stereocenters. The summed E-state index contributed by atoms with van der Waals surface area (Å²) in [7, 11) is 0. The van der Waals surface area contributed by atoms with E-state index in [0.717, 1.165) is 19.8 Å². The minimum Gasteiger partial charge on any atom is -0.342 e. The smallest absolute Gasteiger partial charge is 0.141 e. The van der Waals surface area contributed by atoms with Gasteiger partial charge in [0, 0.05) is 13.1 Å². The van der Waals surface area contributed by atoms with E-state index in [0.29, 0.717) is 10.3 Å². The second-order valence-electron chi connectivity index (χ2n) is 2.44. The van der Waals surface area contributed by atoms with E-state index >= 15 is 0 Å². The lowest BCUT2D eigenvalue weighted by molar-refractivity contribution is 0.275. The quantitative estimate of drug-likeness (QED) is 0.623. The third kappa shape index (κ3) is 1.57. The molecule has 64 valence electrons. The maximum absolute atomic E-state index is 5.93. The molecule has 1 aliphatic rings. The molecule has 2 nitrogen and oxygen atoms in total. The number of nitrogens with zero attached hydrogens (tertiary/aromatic N) is 2. The van der Waals surface area contributed by atoms with Crippen molar-refractivity contribution in [2.45, 2.75) is 13.8 Å². The van der Waals surface area contributed by atoms with Crippen molar-refractivity contribution in [2.75, 3.05) is 19.8 Å². The average molecular weight is 195 g/mol. The van der Waals surface area contributed by atoms with Crippen molar-refractivity contribution in [3.05, 3.63) is 10.3 Å². The first kappa shape index (κ1) is 9.01. The lowest BCUT2D eigenvalue weighted by Gasteiger charge is -2.19. The van der Waals surface area contributed by atoms with E-state index in [1.54, 1.807) is 0 Å². The molecular formula is C7H12Cl2N2. The largest absolute Gasteiger partial charge is 0.342 e. The van der Waals surface area contributed by atoms with Gasteiger partial charge in [0.15, 0.2) is 0 Å². The molecule has 0 spiro atoms. The first-order valence-electron chi connectivity index (χ1n) is 3.75. The number of rotatable bonds is 2. The summed E-state index contributed by atoms with van der Waals surface area (Å²) in [5, 5.41) is 1.35. The highest BCUT2D eigenvalue weighted by molar-refractivity contribution is 6.38. The van der Waals surface area contributed by atoms with Gasteiger partial charge in [-0.2, -0.15) is 0 Å². The van der Waals surface area contributed by atoms with Crippen LogP contribution in [0.15, 0.2) is 10.3 Å². The second kappa shape index (κ2) is 3.55. The molecule has 11 heavy (non-hydrogen) atoms. The highest BCUT2D eigenvalue weighted by atomic mass is 35.5. The fourth-order valence-electron chi connectivity index (χ4n) is 1.07. The maximum Gasteiger partial charge on any atom is 0.141 e. The van der Waals surface area contributed by atoms with E-state index < -0.39 is 0 Å². The van der Waals surface area contributed by atoms with Gasteiger partial charge in [0.1, 0.15) is 10.3 Å². The summed E-state index contributed by atoms with van der Waals surface area (Å²) in [6.45, 7) is 6.76. The first-order valence-corrected chi connectivity index (χ1v) is 4.51. The summed E-state index contributed by atoms with van der Waals surface area (Å²) in [5.41, 5.74) is 0. The van der Waals surface area contributed by atoms with Gasteiger partial charge in [-0.25, -0.2) is 0 Å². The highest BCUT2D eigenvalue weighted by Crippen LogP contribution is 2.28. The van der Waals surface area contributed by atoms with Crippen molar-refractivity contribution in [2.24, 2.45) is 0 Å². The minimum atomic E-state index is 0.677. The molecule has 0 aromatic carbocycles. The van der Waals surface area contributed by atoms with E-state index in [-0.39, 0.29) is 0 Å². The molecule has 0 aliphatic carbocycles. The highest BCUT2D eigenvalue weighted by Gasteiger charge is 2.23. The van der Waals surface area contributed by atoms with Crippen LogP contribution in [0.2, 0.25) is 0 Å². The zero-order chi connectivity index (χ0) is 8.43. The van der Waals surface area contributed by atoms with E-state index in [1.807, 2.05) is 9.80 Å². The van der Waals surface area contributed by atoms with Crippen molar-refractivity contribution in [1.82, 2.24) is 9.80 Å². The van der Waals surface area contributed by atoms with Gasteiger partial charge in [0.05, 0.1) is 6.67 Å². The Morgan fingerprint density at radius 2 is 1.45 bits per heavy atom. The molecular weight excluding hydrogens is 183 g/mol. The lowest BCUT2D eigenvalue weighted by atomic mass is 10.6. The van der Waals surface area contributed by atoms with Crippen LogP contribution in [0.4, 0.5) is 0 Å². The van der Waals surface area contributed by atoms with Crippen LogP contribution in [-0.2, 0) is 0 Å². The minimum absolute atomic E-state index is 0.677. The van der Waals surface area contributed by atoms with Crippen molar-refractivity contribution in [3.63, 3.8) is 0 Å². The molecule has 0 bridgehead atoms. The van der Waals surface area contributed by atoms with Crippen LogP contribution < -0.4 is 0 Å². The Kier molecular flexibility index (Phi) is 2.90. The van der Waals surface area contributed by atoms with Gasteiger partial charge in [-0.15, -0.1) is 0 Å². The van der Waals surface area contributed by atoms with E-state index in [2.05, 4.69) is 13.8 Å². The predicted octanol–water partition coefficient (Wildman–Crippen LogP) is 2.21. The molecule has 0 aromatic heterocycles. The Morgan fingerprint density at radius 3 is 1.64 bits per heavy atom. The fourth-order valence-corrected chi connectivity index (χ4v) is 1.65. The van der Waals surface area contributed by atoms with Crippen LogP contribution in [0.5, 0.6) is 0 Å². The summed E-state index contributed by atoms with van der Waals surface area (Å²) in [6.07, 6.45) is 0. The molecule has 0 aromatic rings. The van der Waals surface area contributed by atoms with E-state index in [4.69, 9.17) is 23.2 Å². The Hall–Kier alpha value is -0.0800. The summed E-state index contributed by atoms with van der Waals surface area (Å²) >= 11 is 11.9. The van der Waals surface area contributed by atoms with Crippen LogP contribution in [0, 0.1) is 0 Å². The van der Waals surface area contributed by atoms with Gasteiger partial charge in [0.2, 0.25) is 0 Å². The Bertz CT molecular complexity index is 161. The molecule has 0 fully saturated rings. The Balaban J connectivity index is 2.71. The summed E-state index contributed by atoms with van der Waals surface area (Å²) < 4.78 is 0. The van der Waals surface area contributed by atoms with Crippen molar-refractivity contribution in [1.29, 1.82) is 0 Å². The van der Waals surface area contributed by atoms with Crippen LogP contribution >= 0.6 is 23.2 Å². The molecule has 4 heteroatoms. The fraction of sp³-hybridized carbons (Fsp3) is 0.714. The Morgan fingerprint density at radius 1 is 1.09 bits per heavy atom. The summed E-state index contributed by atoms with van der Waals surface area (Å²) in [4.78, 5) is 4.07. The van der Waals surface area contributed by atoms with Crippen LogP contribution in [-0.4, -0.2) is 29.6 Å².